The quantitative estimate of drug-likeness (QED) is 0.117. The topological polar surface area (TPSA) is 120 Å². The Morgan fingerprint density at radius 1 is 0.778 bits per heavy atom. The van der Waals surface area contributed by atoms with Crippen molar-refractivity contribution in [3.8, 4) is 0 Å². The first-order valence-corrected chi connectivity index (χ1v) is 15.6. The highest BCUT2D eigenvalue weighted by molar-refractivity contribution is 5.86. The van der Waals surface area contributed by atoms with Gasteiger partial charge in [-0.05, 0) is 61.6 Å². The molecule has 0 aliphatic heterocycles. The summed E-state index contributed by atoms with van der Waals surface area (Å²) in [5, 5.41) is 6.91. The van der Waals surface area contributed by atoms with Crippen molar-refractivity contribution in [2.45, 2.75) is 57.7 Å². The van der Waals surface area contributed by atoms with Gasteiger partial charge in [0.15, 0.2) is 0 Å². The second kappa shape index (κ2) is 11.8. The van der Waals surface area contributed by atoms with E-state index in [1.165, 1.54) is 21.9 Å². The molecule has 0 aliphatic carbocycles. The Labute approximate surface area is 262 Å². The van der Waals surface area contributed by atoms with Gasteiger partial charge in [0, 0.05) is 70.7 Å². The number of benzene rings is 3. The second-order valence-electron chi connectivity index (χ2n) is 12.5. The van der Waals surface area contributed by atoms with Crippen molar-refractivity contribution in [1.29, 1.82) is 0 Å². The van der Waals surface area contributed by atoms with E-state index in [9.17, 15) is 4.79 Å². The number of aryl methyl sites for hydroxylation is 3. The first kappa shape index (κ1) is 28.7. The first-order chi connectivity index (χ1) is 21.8. The first-order valence-electron chi connectivity index (χ1n) is 15.6. The summed E-state index contributed by atoms with van der Waals surface area (Å²) >= 11 is 0. The molecule has 0 saturated carbocycles. The summed E-state index contributed by atoms with van der Waals surface area (Å²) in [5.41, 5.74) is 13.3. The van der Waals surface area contributed by atoms with Crippen molar-refractivity contribution < 1.29 is 4.79 Å². The minimum absolute atomic E-state index is 0.197. The van der Waals surface area contributed by atoms with Crippen molar-refractivity contribution in [2.24, 2.45) is 5.73 Å². The molecular formula is C37H39N7O. The molecule has 0 unspecified atom stereocenters. The molecule has 0 fully saturated rings. The van der Waals surface area contributed by atoms with Crippen molar-refractivity contribution in [3.05, 3.63) is 126 Å². The predicted molar refractivity (Wildman–Crippen MR) is 181 cm³/mol. The summed E-state index contributed by atoms with van der Waals surface area (Å²) in [6, 6.07) is 24.7. The maximum absolute atomic E-state index is 13.4. The molecule has 0 saturated heterocycles. The van der Waals surface area contributed by atoms with Crippen LogP contribution in [-0.4, -0.2) is 35.9 Å². The Morgan fingerprint density at radius 2 is 1.29 bits per heavy atom. The van der Waals surface area contributed by atoms with E-state index in [0.29, 0.717) is 6.42 Å². The number of hydrogen-bond donors (Lipinski definition) is 5. The molecule has 7 aromatic rings. The van der Waals surface area contributed by atoms with Gasteiger partial charge in [0.25, 0.3) is 0 Å². The third-order valence-corrected chi connectivity index (χ3v) is 8.89. The average Bonchev–Trinajstić information content (AvgIpc) is 3.83. The zero-order valence-electron chi connectivity index (χ0n) is 25.7. The number of carbonyl (C=O) groups is 1. The molecule has 4 heterocycles. The minimum atomic E-state index is -1.02. The summed E-state index contributed by atoms with van der Waals surface area (Å²) < 4.78 is 2.32. The van der Waals surface area contributed by atoms with E-state index in [-0.39, 0.29) is 11.9 Å². The van der Waals surface area contributed by atoms with E-state index in [4.69, 9.17) is 10.7 Å². The molecule has 6 N–H and O–H groups in total. The summed E-state index contributed by atoms with van der Waals surface area (Å²) in [6.07, 6.45) is 11.2. The lowest BCUT2D eigenvalue weighted by atomic mass is 10.00. The van der Waals surface area contributed by atoms with E-state index in [0.717, 1.165) is 64.8 Å². The fourth-order valence-corrected chi connectivity index (χ4v) is 6.41. The van der Waals surface area contributed by atoms with Gasteiger partial charge in [-0.3, -0.25) is 4.79 Å². The van der Waals surface area contributed by atoms with Gasteiger partial charge < -0.3 is 30.6 Å². The number of rotatable bonds is 11. The highest BCUT2D eigenvalue weighted by atomic mass is 16.2. The number of nitrogens with zero attached hydrogens (tertiary/aromatic N) is 2. The van der Waals surface area contributed by atoms with Crippen LogP contribution in [0.15, 0.2) is 97.6 Å². The van der Waals surface area contributed by atoms with Crippen LogP contribution in [0, 0.1) is 0 Å². The minimum Gasteiger partial charge on any atom is -0.361 e. The Hall–Kier alpha value is -5.08. The van der Waals surface area contributed by atoms with Gasteiger partial charge >= 0.3 is 0 Å². The summed E-state index contributed by atoms with van der Waals surface area (Å²) in [4.78, 5) is 28.6. The van der Waals surface area contributed by atoms with Gasteiger partial charge in [-0.2, -0.15) is 0 Å². The van der Waals surface area contributed by atoms with Crippen LogP contribution in [0.25, 0.3) is 32.7 Å². The summed E-state index contributed by atoms with van der Waals surface area (Å²) in [5.74, 6) is 0.803. The number of carbonyl (C=O) groups excluding carboxylic acids is 1. The van der Waals surface area contributed by atoms with Gasteiger partial charge in [-0.1, -0.05) is 54.6 Å². The average molecular weight is 598 g/mol. The maximum Gasteiger partial charge on any atom is 0.240 e. The second-order valence-corrected chi connectivity index (χ2v) is 12.5. The molecule has 228 valence electrons. The number of amides is 1. The zero-order valence-corrected chi connectivity index (χ0v) is 25.7. The highest BCUT2D eigenvalue weighted by Crippen LogP contribution is 2.28. The molecule has 0 aliphatic rings. The molecule has 45 heavy (non-hydrogen) atoms. The van der Waals surface area contributed by atoms with Gasteiger partial charge in [0.05, 0.1) is 23.5 Å². The number of para-hydroxylation sites is 3. The Balaban J connectivity index is 1.25. The fourth-order valence-electron chi connectivity index (χ4n) is 6.41. The van der Waals surface area contributed by atoms with Gasteiger partial charge in [0.1, 0.15) is 5.82 Å². The Kier molecular flexibility index (Phi) is 7.51. The zero-order chi connectivity index (χ0) is 31.0. The van der Waals surface area contributed by atoms with Crippen molar-refractivity contribution in [2.75, 3.05) is 0 Å². The molecule has 0 radical (unpaired) electrons. The number of nitrogens with two attached hydrogens (primary N) is 1. The van der Waals surface area contributed by atoms with E-state index >= 15 is 0 Å². The third kappa shape index (κ3) is 5.77. The number of hydrogen-bond acceptors (Lipinski definition) is 3. The van der Waals surface area contributed by atoms with Crippen LogP contribution in [0.5, 0.6) is 0 Å². The van der Waals surface area contributed by atoms with Crippen molar-refractivity contribution in [1.82, 2.24) is 29.8 Å². The molecule has 1 amide bonds. The van der Waals surface area contributed by atoms with E-state index in [1.54, 1.807) is 13.8 Å². The normalized spacial score (nSPS) is 12.8. The molecule has 1 atom stereocenters. The van der Waals surface area contributed by atoms with Gasteiger partial charge in [-0.25, -0.2) is 4.98 Å². The van der Waals surface area contributed by atoms with Crippen molar-refractivity contribution >= 4 is 38.6 Å². The molecule has 0 spiro atoms. The standard InChI is InChI=1S/C37H39N7O/c1-37(2,38)36(45)43-33(19-26-22-41-32-14-8-5-11-29(26)32)34-23-42-35(16-15-24-20-39-30-12-6-3-9-27(24)30)44(34)18-17-25-21-40-31-13-7-4-10-28(25)31/h3-14,20-23,33,39-41H,15-19,38H2,1-2H3,(H,43,45)/t33-/m1/s1. The van der Waals surface area contributed by atoms with E-state index < -0.39 is 5.54 Å². The molecule has 7 rings (SSSR count). The van der Waals surface area contributed by atoms with E-state index in [2.05, 4.69) is 97.9 Å². The summed E-state index contributed by atoms with van der Waals surface area (Å²) in [7, 11) is 0. The number of aromatic nitrogens is 5. The lowest BCUT2D eigenvalue weighted by molar-refractivity contribution is -0.126. The van der Waals surface area contributed by atoms with E-state index in [1.807, 2.05) is 24.5 Å². The largest absolute Gasteiger partial charge is 0.361 e. The Morgan fingerprint density at radius 3 is 1.87 bits per heavy atom. The molecule has 4 aromatic heterocycles. The smallest absolute Gasteiger partial charge is 0.240 e. The number of nitrogens with one attached hydrogen (secondary N) is 4. The predicted octanol–water partition coefficient (Wildman–Crippen LogP) is 6.49. The lowest BCUT2D eigenvalue weighted by Crippen LogP contribution is -2.50. The molecule has 8 heteroatoms. The number of fused-ring (bicyclic) bond motifs is 3. The molecule has 8 nitrogen and oxygen atoms in total. The van der Waals surface area contributed by atoms with Crippen LogP contribution in [-0.2, 0) is 37.0 Å². The fraction of sp³-hybridized carbons (Fsp3) is 0.243. The SMILES string of the molecule is CC(C)(N)C(=O)N[C@H](Cc1c[nH]c2ccccc12)c1cnc(CCc2c[nH]c3ccccc23)n1CCc1c[nH]c2ccccc12. The van der Waals surface area contributed by atoms with Crippen LogP contribution in [0.4, 0.5) is 0 Å². The third-order valence-electron chi connectivity index (χ3n) is 8.89. The number of H-pyrrole nitrogens is 3. The number of aromatic amines is 3. The molecular weight excluding hydrogens is 558 g/mol. The molecule has 0 bridgehead atoms. The van der Waals surface area contributed by atoms with Crippen LogP contribution in [0.3, 0.4) is 0 Å². The van der Waals surface area contributed by atoms with Gasteiger partial charge in [-0.15, -0.1) is 0 Å². The van der Waals surface area contributed by atoms with Gasteiger partial charge in [0.2, 0.25) is 5.91 Å². The maximum atomic E-state index is 13.4. The number of imidazole rings is 1. The van der Waals surface area contributed by atoms with Crippen LogP contribution >= 0.6 is 0 Å². The monoisotopic (exact) mass is 597 g/mol. The van der Waals surface area contributed by atoms with Crippen LogP contribution in [0.2, 0.25) is 0 Å². The summed E-state index contributed by atoms with van der Waals surface area (Å²) in [6.45, 7) is 4.21. The highest BCUT2D eigenvalue weighted by Gasteiger charge is 2.28. The Bertz CT molecular complexity index is 2100. The molecule has 3 aromatic carbocycles. The van der Waals surface area contributed by atoms with Crippen LogP contribution in [0.1, 0.15) is 48.1 Å². The lowest BCUT2D eigenvalue weighted by Gasteiger charge is -2.26. The van der Waals surface area contributed by atoms with Crippen molar-refractivity contribution in [3.63, 3.8) is 0 Å². The van der Waals surface area contributed by atoms with Crippen LogP contribution < -0.4 is 11.1 Å².